The number of hydrogen-bond donors (Lipinski definition) is 1. The van der Waals surface area contributed by atoms with Gasteiger partial charge in [0.05, 0.1) is 29.5 Å². The molecular formula is C16H22ClN3. The molecule has 1 unspecified atom stereocenters. The Bertz CT molecular complexity index is 545. The lowest BCUT2D eigenvalue weighted by molar-refractivity contribution is 0.461. The summed E-state index contributed by atoms with van der Waals surface area (Å²) in [6, 6.07) is 9.07. The average Bonchev–Trinajstić information content (AvgIpc) is 2.78. The SMILES string of the molecule is CCCc1ccc(C(Cn2ncc(Cl)c2C)NC)cc1. The monoisotopic (exact) mass is 291 g/mol. The van der Waals surface area contributed by atoms with Gasteiger partial charge in [0.25, 0.3) is 0 Å². The summed E-state index contributed by atoms with van der Waals surface area (Å²) in [5.74, 6) is 0. The molecule has 1 aromatic carbocycles. The second-order valence-electron chi connectivity index (χ2n) is 5.09. The number of hydrogen-bond acceptors (Lipinski definition) is 2. The highest BCUT2D eigenvalue weighted by molar-refractivity contribution is 6.31. The minimum Gasteiger partial charge on any atom is -0.311 e. The highest BCUT2D eigenvalue weighted by Crippen LogP contribution is 2.19. The summed E-state index contributed by atoms with van der Waals surface area (Å²) in [6.45, 7) is 4.98. The van der Waals surface area contributed by atoms with E-state index in [1.165, 1.54) is 17.5 Å². The molecule has 0 aliphatic carbocycles. The smallest absolute Gasteiger partial charge is 0.0814 e. The highest BCUT2D eigenvalue weighted by atomic mass is 35.5. The van der Waals surface area contributed by atoms with Crippen LogP contribution in [0.15, 0.2) is 30.5 Å². The van der Waals surface area contributed by atoms with Gasteiger partial charge < -0.3 is 5.32 Å². The number of likely N-dealkylation sites (N-methyl/N-ethyl adjacent to an activating group) is 1. The lowest BCUT2D eigenvalue weighted by Gasteiger charge is -2.18. The summed E-state index contributed by atoms with van der Waals surface area (Å²) < 4.78 is 1.95. The fourth-order valence-corrected chi connectivity index (χ4v) is 2.49. The van der Waals surface area contributed by atoms with E-state index in [-0.39, 0.29) is 6.04 Å². The number of benzene rings is 1. The normalized spacial score (nSPS) is 12.6. The Balaban J connectivity index is 2.13. The van der Waals surface area contributed by atoms with Crippen molar-refractivity contribution in [3.05, 3.63) is 52.3 Å². The van der Waals surface area contributed by atoms with Gasteiger partial charge in [-0.2, -0.15) is 5.10 Å². The lowest BCUT2D eigenvalue weighted by atomic mass is 10.0. The second-order valence-corrected chi connectivity index (χ2v) is 5.50. The molecule has 2 aromatic rings. The molecule has 0 aliphatic heterocycles. The van der Waals surface area contributed by atoms with Crippen molar-refractivity contribution in [1.29, 1.82) is 0 Å². The van der Waals surface area contributed by atoms with Gasteiger partial charge in [-0.3, -0.25) is 4.68 Å². The summed E-state index contributed by atoms with van der Waals surface area (Å²) >= 11 is 6.05. The number of nitrogens with zero attached hydrogens (tertiary/aromatic N) is 2. The van der Waals surface area contributed by atoms with Crippen LogP contribution in [0.5, 0.6) is 0 Å². The zero-order valence-electron chi connectivity index (χ0n) is 12.4. The first-order valence-electron chi connectivity index (χ1n) is 7.09. The molecule has 0 saturated carbocycles. The van der Waals surface area contributed by atoms with E-state index >= 15 is 0 Å². The molecule has 2 rings (SSSR count). The molecule has 1 aromatic heterocycles. The van der Waals surface area contributed by atoms with Gasteiger partial charge in [0, 0.05) is 0 Å². The predicted molar refractivity (Wildman–Crippen MR) is 84.2 cm³/mol. The first kappa shape index (κ1) is 15.1. The second kappa shape index (κ2) is 6.91. The first-order valence-corrected chi connectivity index (χ1v) is 7.47. The molecule has 0 saturated heterocycles. The van der Waals surface area contributed by atoms with Crippen molar-refractivity contribution in [2.75, 3.05) is 7.05 Å². The fraction of sp³-hybridized carbons (Fsp3) is 0.438. The molecule has 4 heteroatoms. The molecule has 0 bridgehead atoms. The first-order chi connectivity index (χ1) is 9.65. The van der Waals surface area contributed by atoms with Crippen LogP contribution in [0, 0.1) is 6.92 Å². The fourth-order valence-electron chi connectivity index (χ4n) is 2.35. The van der Waals surface area contributed by atoms with Gasteiger partial charge in [0.15, 0.2) is 0 Å². The summed E-state index contributed by atoms with van der Waals surface area (Å²) in [5.41, 5.74) is 3.68. The maximum absolute atomic E-state index is 6.05. The molecule has 0 spiro atoms. The van der Waals surface area contributed by atoms with Crippen LogP contribution < -0.4 is 5.32 Å². The van der Waals surface area contributed by atoms with E-state index in [0.29, 0.717) is 0 Å². The Morgan fingerprint density at radius 2 is 2.00 bits per heavy atom. The Morgan fingerprint density at radius 3 is 2.50 bits per heavy atom. The van der Waals surface area contributed by atoms with Crippen molar-refractivity contribution in [1.82, 2.24) is 15.1 Å². The molecule has 108 valence electrons. The minimum absolute atomic E-state index is 0.236. The van der Waals surface area contributed by atoms with Crippen LogP contribution >= 0.6 is 11.6 Å². The molecule has 1 atom stereocenters. The summed E-state index contributed by atoms with van der Waals surface area (Å²) in [4.78, 5) is 0. The van der Waals surface area contributed by atoms with E-state index in [0.717, 1.165) is 23.7 Å². The van der Waals surface area contributed by atoms with Gasteiger partial charge in [0.2, 0.25) is 0 Å². The third-order valence-corrected chi connectivity index (χ3v) is 4.04. The molecular weight excluding hydrogens is 270 g/mol. The Kier molecular flexibility index (Phi) is 5.21. The topological polar surface area (TPSA) is 29.9 Å². The third-order valence-electron chi connectivity index (χ3n) is 3.67. The number of aryl methyl sites for hydroxylation is 1. The molecule has 3 nitrogen and oxygen atoms in total. The molecule has 1 N–H and O–H groups in total. The van der Waals surface area contributed by atoms with Crippen LogP contribution in [-0.2, 0) is 13.0 Å². The zero-order chi connectivity index (χ0) is 14.5. The standard InChI is InChI=1S/C16H22ClN3/c1-4-5-13-6-8-14(9-7-13)16(18-3)11-20-12(2)15(17)10-19-20/h6-10,16,18H,4-5,11H2,1-3H3. The lowest BCUT2D eigenvalue weighted by Crippen LogP contribution is -2.23. The van der Waals surface area contributed by atoms with Gasteiger partial charge in [-0.05, 0) is 31.5 Å². The quantitative estimate of drug-likeness (QED) is 0.878. The highest BCUT2D eigenvalue weighted by Gasteiger charge is 2.13. The van der Waals surface area contributed by atoms with Crippen LogP contribution in [0.1, 0.15) is 36.2 Å². The van der Waals surface area contributed by atoms with Crippen molar-refractivity contribution < 1.29 is 0 Å². The Hall–Kier alpha value is -1.32. The van der Waals surface area contributed by atoms with Crippen molar-refractivity contribution in [3.63, 3.8) is 0 Å². The third kappa shape index (κ3) is 3.41. The van der Waals surface area contributed by atoms with Crippen molar-refractivity contribution >= 4 is 11.6 Å². The van der Waals surface area contributed by atoms with Crippen LogP contribution in [0.3, 0.4) is 0 Å². The van der Waals surface area contributed by atoms with Gasteiger partial charge in [-0.15, -0.1) is 0 Å². The Morgan fingerprint density at radius 1 is 1.30 bits per heavy atom. The van der Waals surface area contributed by atoms with E-state index in [1.807, 2.05) is 18.7 Å². The van der Waals surface area contributed by atoms with Gasteiger partial charge >= 0.3 is 0 Å². The van der Waals surface area contributed by atoms with Crippen LogP contribution in [-0.4, -0.2) is 16.8 Å². The van der Waals surface area contributed by atoms with Crippen LogP contribution in [0.2, 0.25) is 5.02 Å². The van der Waals surface area contributed by atoms with Crippen LogP contribution in [0.25, 0.3) is 0 Å². The largest absolute Gasteiger partial charge is 0.311 e. The molecule has 0 aliphatic rings. The molecule has 1 heterocycles. The van der Waals surface area contributed by atoms with Gasteiger partial charge in [0.1, 0.15) is 0 Å². The van der Waals surface area contributed by atoms with Crippen LogP contribution in [0.4, 0.5) is 0 Å². The van der Waals surface area contributed by atoms with Gasteiger partial charge in [-0.1, -0.05) is 49.2 Å². The average molecular weight is 292 g/mol. The maximum Gasteiger partial charge on any atom is 0.0814 e. The number of rotatable bonds is 6. The predicted octanol–water partition coefficient (Wildman–Crippen LogP) is 3.76. The number of halogens is 1. The van der Waals surface area contributed by atoms with E-state index in [2.05, 4.69) is 41.6 Å². The summed E-state index contributed by atoms with van der Waals surface area (Å²) in [7, 11) is 1.98. The minimum atomic E-state index is 0.236. The molecule has 0 fully saturated rings. The van der Waals surface area contributed by atoms with E-state index in [4.69, 9.17) is 11.6 Å². The molecule has 20 heavy (non-hydrogen) atoms. The van der Waals surface area contributed by atoms with Crippen molar-refractivity contribution in [3.8, 4) is 0 Å². The van der Waals surface area contributed by atoms with E-state index < -0.39 is 0 Å². The van der Waals surface area contributed by atoms with E-state index in [1.54, 1.807) is 6.20 Å². The summed E-state index contributed by atoms with van der Waals surface area (Å²) in [6.07, 6.45) is 4.02. The molecule has 0 amide bonds. The van der Waals surface area contributed by atoms with E-state index in [9.17, 15) is 0 Å². The summed E-state index contributed by atoms with van der Waals surface area (Å²) in [5, 5.41) is 8.39. The number of aromatic nitrogens is 2. The van der Waals surface area contributed by atoms with Crippen molar-refractivity contribution in [2.45, 2.75) is 39.3 Å². The van der Waals surface area contributed by atoms with Crippen molar-refractivity contribution in [2.24, 2.45) is 0 Å². The maximum atomic E-state index is 6.05. The number of nitrogens with one attached hydrogen (secondary N) is 1. The molecule has 0 radical (unpaired) electrons. The zero-order valence-corrected chi connectivity index (χ0v) is 13.1. The van der Waals surface area contributed by atoms with Gasteiger partial charge in [-0.25, -0.2) is 0 Å². The Labute approximate surface area is 126 Å².